The van der Waals surface area contributed by atoms with Crippen LogP contribution in [0.5, 0.6) is 11.6 Å². The standard InChI is InChI=1S/C24H25ClN4O3/c1-15-14-29(24(30)27-23-16(2)17(3)32-28-23)10-9-19(15)11-18-5-4-6-21(12-18)31-22-8-7-20(25)13-26-22/h4-8,11-13,15H,9-10,14H2,1-3H3,(H,27,28,30)/b19-11+. The van der Waals surface area contributed by atoms with Crippen LogP contribution in [0.15, 0.2) is 52.7 Å². The lowest BCUT2D eigenvalue weighted by atomic mass is 9.91. The van der Waals surface area contributed by atoms with Gasteiger partial charge in [-0.3, -0.25) is 5.32 Å². The zero-order chi connectivity index (χ0) is 22.7. The Kier molecular flexibility index (Phi) is 6.46. The quantitative estimate of drug-likeness (QED) is 0.518. The smallest absolute Gasteiger partial charge is 0.323 e. The Bertz CT molecular complexity index is 1140. The molecule has 1 aliphatic heterocycles. The van der Waals surface area contributed by atoms with E-state index in [1.165, 1.54) is 5.57 Å². The van der Waals surface area contributed by atoms with Gasteiger partial charge in [-0.2, -0.15) is 0 Å². The number of nitrogens with one attached hydrogen (secondary N) is 1. The van der Waals surface area contributed by atoms with Gasteiger partial charge in [0.05, 0.1) is 5.02 Å². The van der Waals surface area contributed by atoms with E-state index in [0.717, 1.165) is 17.5 Å². The number of pyridine rings is 1. The average molecular weight is 453 g/mol. The van der Waals surface area contributed by atoms with Crippen molar-refractivity contribution >= 4 is 29.5 Å². The second-order valence-corrected chi connectivity index (χ2v) is 8.38. The van der Waals surface area contributed by atoms with Crippen molar-refractivity contribution in [2.24, 2.45) is 5.92 Å². The van der Waals surface area contributed by atoms with Crippen molar-refractivity contribution in [3.8, 4) is 11.6 Å². The number of carbonyl (C=O) groups excluding carboxylic acids is 1. The number of carbonyl (C=O) groups is 1. The number of urea groups is 1. The van der Waals surface area contributed by atoms with Crippen molar-refractivity contribution in [1.29, 1.82) is 0 Å². The van der Waals surface area contributed by atoms with Gasteiger partial charge in [-0.25, -0.2) is 9.78 Å². The first-order valence-electron chi connectivity index (χ1n) is 10.5. The molecule has 2 aromatic heterocycles. The minimum Gasteiger partial charge on any atom is -0.439 e. The molecule has 166 valence electrons. The van der Waals surface area contributed by atoms with E-state index in [0.29, 0.717) is 41.3 Å². The van der Waals surface area contributed by atoms with Crippen molar-refractivity contribution in [1.82, 2.24) is 15.0 Å². The van der Waals surface area contributed by atoms with Crippen LogP contribution in [0.1, 0.15) is 30.2 Å². The highest BCUT2D eigenvalue weighted by molar-refractivity contribution is 6.30. The highest BCUT2D eigenvalue weighted by Crippen LogP contribution is 2.28. The molecule has 1 unspecified atom stereocenters. The third-order valence-corrected chi connectivity index (χ3v) is 5.82. The van der Waals surface area contributed by atoms with Crippen LogP contribution in [0.3, 0.4) is 0 Å². The maximum atomic E-state index is 12.7. The Hall–Kier alpha value is -3.32. The van der Waals surface area contributed by atoms with E-state index in [9.17, 15) is 4.79 Å². The molecule has 1 fully saturated rings. The van der Waals surface area contributed by atoms with E-state index in [2.05, 4.69) is 28.5 Å². The number of benzene rings is 1. The molecular weight excluding hydrogens is 428 g/mol. The second-order valence-electron chi connectivity index (χ2n) is 7.95. The molecule has 0 saturated carbocycles. The molecule has 4 rings (SSSR count). The third kappa shape index (κ3) is 5.11. The van der Waals surface area contributed by atoms with Gasteiger partial charge in [0, 0.05) is 30.9 Å². The number of anilines is 1. The second kappa shape index (κ2) is 9.44. The monoisotopic (exact) mass is 452 g/mol. The number of rotatable bonds is 4. The fourth-order valence-electron chi connectivity index (χ4n) is 3.59. The topological polar surface area (TPSA) is 80.5 Å². The fourth-order valence-corrected chi connectivity index (χ4v) is 3.70. The zero-order valence-corrected chi connectivity index (χ0v) is 19.0. The lowest BCUT2D eigenvalue weighted by Gasteiger charge is -2.33. The van der Waals surface area contributed by atoms with Gasteiger partial charge in [0.15, 0.2) is 5.82 Å². The largest absolute Gasteiger partial charge is 0.439 e. The van der Waals surface area contributed by atoms with Crippen LogP contribution in [0, 0.1) is 19.8 Å². The van der Waals surface area contributed by atoms with Crippen molar-refractivity contribution in [2.75, 3.05) is 18.4 Å². The number of hydrogen-bond acceptors (Lipinski definition) is 5. The van der Waals surface area contributed by atoms with Crippen LogP contribution in [0.25, 0.3) is 6.08 Å². The van der Waals surface area contributed by atoms with E-state index in [1.54, 1.807) is 18.3 Å². The predicted molar refractivity (Wildman–Crippen MR) is 124 cm³/mol. The fraction of sp³-hybridized carbons (Fsp3) is 0.292. The number of aromatic nitrogens is 2. The van der Waals surface area contributed by atoms with Crippen LogP contribution in [0.4, 0.5) is 10.6 Å². The minimum absolute atomic E-state index is 0.154. The number of likely N-dealkylation sites (tertiary alicyclic amines) is 1. The van der Waals surface area contributed by atoms with Gasteiger partial charge in [-0.05, 0) is 49.9 Å². The molecule has 0 aliphatic carbocycles. The molecule has 1 N–H and O–H groups in total. The summed E-state index contributed by atoms with van der Waals surface area (Å²) in [5.74, 6) is 2.61. The van der Waals surface area contributed by atoms with Gasteiger partial charge in [0.25, 0.3) is 0 Å². The van der Waals surface area contributed by atoms with Gasteiger partial charge in [-0.1, -0.05) is 47.5 Å². The first-order chi connectivity index (χ1) is 15.4. The molecule has 3 aromatic rings. The molecule has 0 spiro atoms. The zero-order valence-electron chi connectivity index (χ0n) is 18.3. The Labute approximate surface area is 192 Å². The van der Waals surface area contributed by atoms with Crippen LogP contribution >= 0.6 is 11.6 Å². The molecule has 0 bridgehead atoms. The van der Waals surface area contributed by atoms with Crippen LogP contribution in [-0.2, 0) is 0 Å². The molecule has 2 amide bonds. The lowest BCUT2D eigenvalue weighted by Crippen LogP contribution is -2.42. The van der Waals surface area contributed by atoms with E-state index in [4.69, 9.17) is 20.9 Å². The van der Waals surface area contributed by atoms with Crippen molar-refractivity contribution < 1.29 is 14.1 Å². The van der Waals surface area contributed by atoms with E-state index in [1.807, 2.05) is 43.0 Å². The van der Waals surface area contributed by atoms with Crippen LogP contribution in [0.2, 0.25) is 5.02 Å². The molecule has 1 aliphatic rings. The first kappa shape index (κ1) is 21.9. The highest BCUT2D eigenvalue weighted by Gasteiger charge is 2.25. The van der Waals surface area contributed by atoms with E-state index >= 15 is 0 Å². The van der Waals surface area contributed by atoms with E-state index < -0.39 is 0 Å². The molecule has 3 heterocycles. The summed E-state index contributed by atoms with van der Waals surface area (Å²) < 4.78 is 11.0. The number of nitrogens with zero attached hydrogens (tertiary/aromatic N) is 3. The summed E-state index contributed by atoms with van der Waals surface area (Å²) in [7, 11) is 0. The molecule has 7 nitrogen and oxygen atoms in total. The lowest BCUT2D eigenvalue weighted by molar-refractivity contribution is 0.197. The first-order valence-corrected chi connectivity index (χ1v) is 10.9. The summed E-state index contributed by atoms with van der Waals surface area (Å²) in [5.41, 5.74) is 3.19. The maximum absolute atomic E-state index is 12.7. The Morgan fingerprint density at radius 1 is 1.31 bits per heavy atom. The molecule has 1 saturated heterocycles. The molecule has 8 heteroatoms. The number of hydrogen-bond donors (Lipinski definition) is 1. The summed E-state index contributed by atoms with van der Waals surface area (Å²) in [6.07, 6.45) is 4.53. The third-order valence-electron chi connectivity index (χ3n) is 5.60. The number of piperidine rings is 1. The number of amides is 2. The number of ether oxygens (including phenoxy) is 1. The van der Waals surface area contributed by atoms with Crippen molar-refractivity contribution in [3.63, 3.8) is 0 Å². The summed E-state index contributed by atoms with van der Waals surface area (Å²) in [6, 6.07) is 11.2. The Morgan fingerprint density at radius 2 is 2.16 bits per heavy atom. The molecule has 32 heavy (non-hydrogen) atoms. The predicted octanol–water partition coefficient (Wildman–Crippen LogP) is 6.09. The van der Waals surface area contributed by atoms with Gasteiger partial charge in [0.2, 0.25) is 5.88 Å². The summed E-state index contributed by atoms with van der Waals surface area (Å²) in [4.78, 5) is 18.6. The average Bonchev–Trinajstić information content (AvgIpc) is 3.09. The summed E-state index contributed by atoms with van der Waals surface area (Å²) >= 11 is 5.88. The van der Waals surface area contributed by atoms with Crippen molar-refractivity contribution in [2.45, 2.75) is 27.2 Å². The maximum Gasteiger partial charge on any atom is 0.323 e. The molecule has 1 aromatic carbocycles. The van der Waals surface area contributed by atoms with E-state index in [-0.39, 0.29) is 11.9 Å². The van der Waals surface area contributed by atoms with Gasteiger partial charge in [-0.15, -0.1) is 0 Å². The molecule has 0 radical (unpaired) electrons. The van der Waals surface area contributed by atoms with Crippen LogP contribution < -0.4 is 10.1 Å². The van der Waals surface area contributed by atoms with Gasteiger partial charge < -0.3 is 14.2 Å². The number of halogens is 1. The normalized spacial score (nSPS) is 17.4. The summed E-state index contributed by atoms with van der Waals surface area (Å²) in [5, 5.41) is 7.33. The molecule has 1 atom stereocenters. The Morgan fingerprint density at radius 3 is 2.84 bits per heavy atom. The van der Waals surface area contributed by atoms with Gasteiger partial charge in [0.1, 0.15) is 11.5 Å². The minimum atomic E-state index is -0.154. The molecular formula is C24H25ClN4O3. The SMILES string of the molecule is Cc1onc(NC(=O)N2CC/C(=C\c3cccc(Oc4ccc(Cl)cn4)c3)C(C)C2)c1C. The highest BCUT2D eigenvalue weighted by atomic mass is 35.5. The number of aryl methyl sites for hydroxylation is 1. The van der Waals surface area contributed by atoms with Crippen LogP contribution in [-0.4, -0.2) is 34.2 Å². The Balaban J connectivity index is 1.40. The van der Waals surface area contributed by atoms with Gasteiger partial charge >= 0.3 is 6.03 Å². The summed E-state index contributed by atoms with van der Waals surface area (Å²) in [6.45, 7) is 7.11. The van der Waals surface area contributed by atoms with Crippen molar-refractivity contribution in [3.05, 3.63) is 70.1 Å².